The molecule has 0 aromatic heterocycles. The summed E-state index contributed by atoms with van der Waals surface area (Å²) >= 11 is 3.29. The highest BCUT2D eigenvalue weighted by Crippen LogP contribution is 2.34. The molecular weight excluding hydrogens is 236 g/mol. The second-order valence-corrected chi connectivity index (χ2v) is 3.62. The predicted molar refractivity (Wildman–Crippen MR) is 48.8 cm³/mol. The molecule has 0 radical (unpaired) electrons. The minimum Gasteiger partial charge on any atom is -0.419 e. The van der Waals surface area contributed by atoms with Crippen molar-refractivity contribution in [1.29, 1.82) is 0 Å². The van der Waals surface area contributed by atoms with Crippen LogP contribution in [0.4, 0.5) is 0 Å². The Balaban J connectivity index is 2.70. The summed E-state index contributed by atoms with van der Waals surface area (Å²) in [6, 6.07) is 3.31. The van der Waals surface area contributed by atoms with E-state index in [0.717, 1.165) is 10.0 Å². The van der Waals surface area contributed by atoms with Crippen LogP contribution in [-0.4, -0.2) is 11.8 Å². The van der Waals surface area contributed by atoms with E-state index in [-0.39, 0.29) is 0 Å². The first kappa shape index (κ1) is 8.44. The van der Waals surface area contributed by atoms with Gasteiger partial charge >= 0.3 is 5.97 Å². The van der Waals surface area contributed by atoms with Crippen LogP contribution >= 0.6 is 15.9 Å². The molecule has 4 heteroatoms. The predicted octanol–water partition coefficient (Wildman–Crippen LogP) is 1.86. The molecule has 66 valence electrons. The van der Waals surface area contributed by atoms with Crippen LogP contribution in [0.3, 0.4) is 0 Å². The minimum absolute atomic E-state index is 0.353. The number of rotatable bonds is 0. The van der Waals surface area contributed by atoms with Gasteiger partial charge in [0.1, 0.15) is 5.75 Å². The molecule has 1 aromatic carbocycles. The standard InChI is InChI=1S/C9H5BrO3/c1-4-6(10)3-2-5-7(11)9(12)13-8(4)5/h2-3H,1H3. The van der Waals surface area contributed by atoms with Crippen molar-refractivity contribution < 1.29 is 14.3 Å². The summed E-state index contributed by atoms with van der Waals surface area (Å²) < 4.78 is 5.64. The molecule has 0 aliphatic carbocycles. The summed E-state index contributed by atoms with van der Waals surface area (Å²) in [5, 5.41) is 0. The first-order valence-electron chi connectivity index (χ1n) is 3.67. The summed E-state index contributed by atoms with van der Waals surface area (Å²) in [4.78, 5) is 22.1. The molecule has 0 fully saturated rings. The monoisotopic (exact) mass is 240 g/mol. The lowest BCUT2D eigenvalue weighted by Crippen LogP contribution is -2.10. The van der Waals surface area contributed by atoms with Crippen molar-refractivity contribution in [3.05, 3.63) is 27.7 Å². The Morgan fingerprint density at radius 3 is 2.69 bits per heavy atom. The molecule has 1 heterocycles. The summed E-state index contributed by atoms with van der Waals surface area (Å²) in [5.74, 6) is -0.980. The Bertz CT molecular complexity index is 423. The van der Waals surface area contributed by atoms with E-state index in [0.29, 0.717) is 11.3 Å². The zero-order chi connectivity index (χ0) is 9.59. The number of carbonyl (C=O) groups is 2. The van der Waals surface area contributed by atoms with Crippen molar-refractivity contribution in [2.75, 3.05) is 0 Å². The van der Waals surface area contributed by atoms with Gasteiger partial charge in [-0.3, -0.25) is 4.79 Å². The maximum atomic E-state index is 11.2. The number of fused-ring (bicyclic) bond motifs is 1. The molecule has 0 N–H and O–H groups in total. The number of hydrogen-bond acceptors (Lipinski definition) is 3. The third-order valence-electron chi connectivity index (χ3n) is 1.96. The largest absolute Gasteiger partial charge is 0.419 e. The van der Waals surface area contributed by atoms with E-state index < -0.39 is 11.8 Å². The first-order chi connectivity index (χ1) is 6.11. The van der Waals surface area contributed by atoms with Crippen LogP contribution in [0.1, 0.15) is 15.9 Å². The van der Waals surface area contributed by atoms with E-state index in [1.54, 1.807) is 19.1 Å². The molecule has 0 atom stereocenters. The molecule has 0 amide bonds. The zero-order valence-electron chi connectivity index (χ0n) is 6.76. The highest BCUT2D eigenvalue weighted by atomic mass is 79.9. The van der Waals surface area contributed by atoms with Crippen LogP contribution in [0.25, 0.3) is 0 Å². The van der Waals surface area contributed by atoms with Crippen LogP contribution in [0.5, 0.6) is 5.75 Å². The molecule has 2 rings (SSSR count). The molecule has 1 aliphatic rings. The third-order valence-corrected chi connectivity index (χ3v) is 2.82. The lowest BCUT2D eigenvalue weighted by Gasteiger charge is -2.01. The van der Waals surface area contributed by atoms with Gasteiger partial charge in [-0.2, -0.15) is 0 Å². The molecule has 0 saturated heterocycles. The molecule has 0 saturated carbocycles. The zero-order valence-corrected chi connectivity index (χ0v) is 8.34. The van der Waals surface area contributed by atoms with Crippen molar-refractivity contribution in [2.45, 2.75) is 6.92 Å². The fraction of sp³-hybridized carbons (Fsp3) is 0.111. The number of ether oxygens (including phenoxy) is 1. The normalized spacial score (nSPS) is 14.3. The Morgan fingerprint density at radius 2 is 2.00 bits per heavy atom. The number of hydrogen-bond donors (Lipinski definition) is 0. The third kappa shape index (κ3) is 1.09. The van der Waals surface area contributed by atoms with Gasteiger partial charge in [0.25, 0.3) is 5.78 Å². The van der Waals surface area contributed by atoms with Crippen LogP contribution in [0.15, 0.2) is 16.6 Å². The minimum atomic E-state index is -0.795. The molecule has 1 aliphatic heterocycles. The summed E-state index contributed by atoms with van der Waals surface area (Å²) in [6.45, 7) is 1.79. The van der Waals surface area contributed by atoms with E-state index in [1.807, 2.05) is 0 Å². The van der Waals surface area contributed by atoms with Gasteiger partial charge in [-0.1, -0.05) is 15.9 Å². The van der Waals surface area contributed by atoms with Gasteiger partial charge in [-0.15, -0.1) is 0 Å². The van der Waals surface area contributed by atoms with Crippen molar-refractivity contribution >= 4 is 27.7 Å². The van der Waals surface area contributed by atoms with Gasteiger partial charge in [-0.25, -0.2) is 4.79 Å². The van der Waals surface area contributed by atoms with Crippen LogP contribution in [0.2, 0.25) is 0 Å². The average Bonchev–Trinajstić information content (AvgIpc) is 2.38. The van der Waals surface area contributed by atoms with E-state index in [4.69, 9.17) is 4.74 Å². The van der Waals surface area contributed by atoms with E-state index >= 15 is 0 Å². The van der Waals surface area contributed by atoms with Crippen LogP contribution in [0, 0.1) is 6.92 Å². The van der Waals surface area contributed by atoms with Gasteiger partial charge in [0.2, 0.25) is 0 Å². The smallest absolute Gasteiger partial charge is 0.385 e. The molecular formula is C9H5BrO3. The molecule has 0 bridgehead atoms. The van der Waals surface area contributed by atoms with Gasteiger partial charge in [0, 0.05) is 10.0 Å². The van der Waals surface area contributed by atoms with E-state index in [2.05, 4.69) is 15.9 Å². The topological polar surface area (TPSA) is 43.4 Å². The van der Waals surface area contributed by atoms with Gasteiger partial charge in [0.15, 0.2) is 0 Å². The molecule has 0 spiro atoms. The van der Waals surface area contributed by atoms with Crippen molar-refractivity contribution in [2.24, 2.45) is 0 Å². The Labute approximate surface area is 82.8 Å². The first-order valence-corrected chi connectivity index (χ1v) is 4.46. The van der Waals surface area contributed by atoms with Gasteiger partial charge in [-0.05, 0) is 19.1 Å². The highest BCUT2D eigenvalue weighted by Gasteiger charge is 2.32. The second kappa shape index (κ2) is 2.67. The number of esters is 1. The Kier molecular flexibility index (Phi) is 1.73. The van der Waals surface area contributed by atoms with Gasteiger partial charge in [0.05, 0.1) is 5.56 Å². The maximum Gasteiger partial charge on any atom is 0.385 e. The average molecular weight is 241 g/mol. The van der Waals surface area contributed by atoms with Crippen molar-refractivity contribution in [1.82, 2.24) is 0 Å². The number of ketones is 1. The summed E-state index contributed by atoms with van der Waals surface area (Å²) in [6.07, 6.45) is 0. The van der Waals surface area contributed by atoms with Crippen LogP contribution in [-0.2, 0) is 4.79 Å². The fourth-order valence-electron chi connectivity index (χ4n) is 1.23. The summed E-state index contributed by atoms with van der Waals surface area (Å²) in [5.41, 5.74) is 1.13. The van der Waals surface area contributed by atoms with E-state index in [9.17, 15) is 9.59 Å². The second-order valence-electron chi connectivity index (χ2n) is 2.77. The SMILES string of the molecule is Cc1c(Br)ccc2c1OC(=O)C2=O. The van der Waals surface area contributed by atoms with Gasteiger partial charge < -0.3 is 4.74 Å². The number of halogens is 1. The molecule has 13 heavy (non-hydrogen) atoms. The molecule has 0 unspecified atom stereocenters. The summed E-state index contributed by atoms with van der Waals surface area (Å²) in [7, 11) is 0. The van der Waals surface area contributed by atoms with Crippen LogP contribution < -0.4 is 4.74 Å². The number of benzene rings is 1. The lowest BCUT2D eigenvalue weighted by molar-refractivity contribution is -0.128. The molecule has 3 nitrogen and oxygen atoms in total. The quantitative estimate of drug-likeness (QED) is 0.395. The fourth-order valence-corrected chi connectivity index (χ4v) is 1.54. The Hall–Kier alpha value is -1.16. The lowest BCUT2D eigenvalue weighted by atomic mass is 10.1. The number of Topliss-reactive ketones (excluding diaryl/α,β-unsaturated/α-hetero) is 1. The highest BCUT2D eigenvalue weighted by molar-refractivity contribution is 9.10. The number of carbonyl (C=O) groups excluding carboxylic acids is 2. The molecule has 1 aromatic rings. The van der Waals surface area contributed by atoms with Crippen molar-refractivity contribution in [3.63, 3.8) is 0 Å². The van der Waals surface area contributed by atoms with Crippen molar-refractivity contribution in [3.8, 4) is 5.75 Å². The Morgan fingerprint density at radius 1 is 1.31 bits per heavy atom. The maximum absolute atomic E-state index is 11.2. The van der Waals surface area contributed by atoms with E-state index in [1.165, 1.54) is 0 Å².